The average Bonchev–Trinajstić information content (AvgIpc) is 2.46. The molecule has 4 nitrogen and oxygen atoms in total. The van der Waals surface area contributed by atoms with E-state index in [4.69, 9.17) is 11.6 Å². The Morgan fingerprint density at radius 2 is 2.38 bits per heavy atom. The minimum Gasteiger partial charge on any atom is -0.275 e. The lowest BCUT2D eigenvalue weighted by Crippen LogP contribution is -1.94. The second-order valence-corrected chi connectivity index (χ2v) is 3.01. The van der Waals surface area contributed by atoms with Crippen LogP contribution in [0.1, 0.15) is 16.1 Å². The Bertz CT molecular complexity index is 477. The third kappa shape index (κ3) is 1.29. The Balaban J connectivity index is 2.79. The molecule has 66 valence electrons. The summed E-state index contributed by atoms with van der Waals surface area (Å²) in [6, 6.07) is 1.81. The molecule has 0 aliphatic rings. The second-order valence-electron chi connectivity index (χ2n) is 2.67. The molecule has 0 aromatic carbocycles. The maximum atomic E-state index is 10.9. The quantitative estimate of drug-likeness (QED) is 0.647. The van der Waals surface area contributed by atoms with Gasteiger partial charge in [-0.1, -0.05) is 0 Å². The van der Waals surface area contributed by atoms with Crippen molar-refractivity contribution in [3.05, 3.63) is 29.7 Å². The molecule has 0 unspecified atom stereocenters. The van der Waals surface area contributed by atoms with E-state index in [1.54, 1.807) is 6.20 Å². The number of rotatable bonds is 1. The third-order valence-corrected chi connectivity index (χ3v) is 1.92. The Hall–Kier alpha value is -1.42. The molecule has 13 heavy (non-hydrogen) atoms. The van der Waals surface area contributed by atoms with Crippen molar-refractivity contribution >= 4 is 22.5 Å². The van der Waals surface area contributed by atoms with Gasteiger partial charge in [-0.25, -0.2) is 9.50 Å². The molecule has 0 fully saturated rings. The highest BCUT2D eigenvalue weighted by atomic mass is 35.5. The molecular formula is C8H6ClN3O. The standard InChI is InChI=1S/C8H6ClN3O/c1-5-2-3-12-8(11-5)6(4-10-12)7(9)13/h2-4H,1H3. The van der Waals surface area contributed by atoms with Crippen LogP contribution in [0.3, 0.4) is 0 Å². The highest BCUT2D eigenvalue weighted by molar-refractivity contribution is 6.68. The summed E-state index contributed by atoms with van der Waals surface area (Å²) in [5.41, 5.74) is 1.66. The van der Waals surface area contributed by atoms with E-state index < -0.39 is 5.24 Å². The van der Waals surface area contributed by atoms with Crippen LogP contribution in [0.25, 0.3) is 5.65 Å². The van der Waals surface area contributed by atoms with Crippen molar-refractivity contribution in [2.24, 2.45) is 0 Å². The van der Waals surface area contributed by atoms with Crippen molar-refractivity contribution in [1.82, 2.24) is 14.6 Å². The largest absolute Gasteiger partial charge is 0.275 e. The molecule has 0 saturated carbocycles. The molecular weight excluding hydrogens is 190 g/mol. The minimum atomic E-state index is -0.534. The molecule has 2 heterocycles. The smallest absolute Gasteiger partial charge is 0.257 e. The van der Waals surface area contributed by atoms with Crippen molar-refractivity contribution < 1.29 is 4.79 Å². The van der Waals surface area contributed by atoms with Gasteiger partial charge in [-0.15, -0.1) is 0 Å². The van der Waals surface area contributed by atoms with Gasteiger partial charge in [0.25, 0.3) is 5.24 Å². The van der Waals surface area contributed by atoms with Crippen molar-refractivity contribution in [3.8, 4) is 0 Å². The Labute approximate surface area is 79.2 Å². The van der Waals surface area contributed by atoms with Gasteiger partial charge < -0.3 is 0 Å². The maximum absolute atomic E-state index is 10.9. The van der Waals surface area contributed by atoms with E-state index in [1.165, 1.54) is 10.7 Å². The molecule has 2 aromatic heterocycles. The van der Waals surface area contributed by atoms with Gasteiger partial charge >= 0.3 is 0 Å². The van der Waals surface area contributed by atoms with Gasteiger partial charge in [0.05, 0.1) is 11.8 Å². The summed E-state index contributed by atoms with van der Waals surface area (Å²) in [5, 5.41) is 3.40. The molecule has 5 heteroatoms. The molecule has 0 amide bonds. The van der Waals surface area contributed by atoms with Crippen LogP contribution in [0.5, 0.6) is 0 Å². The van der Waals surface area contributed by atoms with Gasteiger partial charge in [0.2, 0.25) is 0 Å². The summed E-state index contributed by atoms with van der Waals surface area (Å²) in [7, 11) is 0. The summed E-state index contributed by atoms with van der Waals surface area (Å²) < 4.78 is 1.52. The fourth-order valence-corrected chi connectivity index (χ4v) is 1.23. The molecule has 2 aromatic rings. The van der Waals surface area contributed by atoms with Crippen LogP contribution < -0.4 is 0 Å². The molecule has 0 saturated heterocycles. The number of aryl methyl sites for hydroxylation is 1. The second kappa shape index (κ2) is 2.81. The number of hydrogen-bond acceptors (Lipinski definition) is 3. The van der Waals surface area contributed by atoms with Crippen molar-refractivity contribution in [3.63, 3.8) is 0 Å². The fraction of sp³-hybridized carbons (Fsp3) is 0.125. The minimum absolute atomic E-state index is 0.338. The van der Waals surface area contributed by atoms with Crippen molar-refractivity contribution in [2.45, 2.75) is 6.92 Å². The van der Waals surface area contributed by atoms with Gasteiger partial charge in [0.1, 0.15) is 0 Å². The van der Waals surface area contributed by atoms with Crippen LogP contribution in [-0.4, -0.2) is 19.8 Å². The van der Waals surface area contributed by atoms with Gasteiger partial charge in [0.15, 0.2) is 5.65 Å². The Morgan fingerprint density at radius 3 is 3.08 bits per heavy atom. The first kappa shape index (κ1) is 8.19. The zero-order chi connectivity index (χ0) is 9.42. The molecule has 0 N–H and O–H groups in total. The van der Waals surface area contributed by atoms with Crippen molar-refractivity contribution in [2.75, 3.05) is 0 Å². The van der Waals surface area contributed by atoms with Crippen LogP contribution in [0.15, 0.2) is 18.5 Å². The number of carbonyl (C=O) groups excluding carboxylic acids is 1. The first-order chi connectivity index (χ1) is 6.18. The van der Waals surface area contributed by atoms with E-state index in [0.29, 0.717) is 11.2 Å². The average molecular weight is 196 g/mol. The Kier molecular flexibility index (Phi) is 1.77. The first-order valence-corrected chi connectivity index (χ1v) is 4.07. The lowest BCUT2D eigenvalue weighted by molar-refractivity contribution is 0.108. The van der Waals surface area contributed by atoms with Crippen LogP contribution in [0.2, 0.25) is 0 Å². The lowest BCUT2D eigenvalue weighted by Gasteiger charge is -1.94. The summed E-state index contributed by atoms with van der Waals surface area (Å²) in [4.78, 5) is 15.1. The highest BCUT2D eigenvalue weighted by Gasteiger charge is 2.10. The van der Waals surface area contributed by atoms with Crippen LogP contribution in [0, 0.1) is 6.92 Å². The lowest BCUT2D eigenvalue weighted by atomic mass is 10.3. The maximum Gasteiger partial charge on any atom is 0.257 e. The van der Waals surface area contributed by atoms with Gasteiger partial charge in [-0.05, 0) is 24.6 Å². The summed E-state index contributed by atoms with van der Waals surface area (Å²) in [6.07, 6.45) is 3.15. The number of hydrogen-bond donors (Lipinski definition) is 0. The Morgan fingerprint density at radius 1 is 1.62 bits per heavy atom. The van der Waals surface area contributed by atoms with E-state index in [0.717, 1.165) is 5.69 Å². The topological polar surface area (TPSA) is 47.3 Å². The first-order valence-electron chi connectivity index (χ1n) is 3.69. The van der Waals surface area contributed by atoms with E-state index in [9.17, 15) is 4.79 Å². The zero-order valence-corrected chi connectivity index (χ0v) is 7.62. The number of halogens is 1. The predicted octanol–water partition coefficient (Wildman–Crippen LogP) is 1.42. The van der Waals surface area contributed by atoms with Gasteiger partial charge in [0, 0.05) is 11.9 Å². The number of aromatic nitrogens is 3. The SMILES string of the molecule is Cc1ccn2ncc(C(=O)Cl)c2n1. The van der Waals surface area contributed by atoms with E-state index in [-0.39, 0.29) is 0 Å². The molecule has 0 spiro atoms. The van der Waals surface area contributed by atoms with Gasteiger partial charge in [-0.3, -0.25) is 4.79 Å². The number of carbonyl (C=O) groups is 1. The van der Waals surface area contributed by atoms with Crippen LogP contribution in [0.4, 0.5) is 0 Å². The van der Waals surface area contributed by atoms with Gasteiger partial charge in [-0.2, -0.15) is 5.10 Å². The molecule has 0 aliphatic carbocycles. The van der Waals surface area contributed by atoms with E-state index in [2.05, 4.69) is 10.1 Å². The van der Waals surface area contributed by atoms with E-state index >= 15 is 0 Å². The molecule has 2 rings (SSSR count). The normalized spacial score (nSPS) is 10.6. The zero-order valence-electron chi connectivity index (χ0n) is 6.86. The summed E-state index contributed by atoms with van der Waals surface area (Å²) >= 11 is 5.34. The summed E-state index contributed by atoms with van der Waals surface area (Å²) in [6.45, 7) is 1.84. The fourth-order valence-electron chi connectivity index (χ4n) is 1.10. The van der Waals surface area contributed by atoms with E-state index in [1.807, 2.05) is 13.0 Å². The number of fused-ring (bicyclic) bond motifs is 1. The van der Waals surface area contributed by atoms with Crippen LogP contribution in [-0.2, 0) is 0 Å². The molecule has 0 bridgehead atoms. The monoisotopic (exact) mass is 195 g/mol. The highest BCUT2D eigenvalue weighted by Crippen LogP contribution is 2.10. The molecule has 0 radical (unpaired) electrons. The third-order valence-electron chi connectivity index (χ3n) is 1.72. The molecule has 0 atom stereocenters. The number of nitrogens with zero attached hydrogens (tertiary/aromatic N) is 3. The molecule has 0 aliphatic heterocycles. The predicted molar refractivity (Wildman–Crippen MR) is 47.9 cm³/mol. The summed E-state index contributed by atoms with van der Waals surface area (Å²) in [5.74, 6) is 0. The van der Waals surface area contributed by atoms with Crippen molar-refractivity contribution in [1.29, 1.82) is 0 Å². The van der Waals surface area contributed by atoms with Crippen LogP contribution >= 0.6 is 11.6 Å².